The monoisotopic (exact) mass is 378 g/mol. The number of rotatable bonds is 4. The average Bonchev–Trinajstić information content (AvgIpc) is 2.68. The minimum atomic E-state index is -0.746. The van der Waals surface area contributed by atoms with E-state index >= 15 is 0 Å². The zero-order valence-corrected chi connectivity index (χ0v) is 16.5. The van der Waals surface area contributed by atoms with E-state index in [1.54, 1.807) is 4.90 Å². The Balaban J connectivity index is 1.68. The first-order chi connectivity index (χ1) is 13.4. The van der Waals surface area contributed by atoms with Gasteiger partial charge in [-0.1, -0.05) is 48.5 Å². The van der Waals surface area contributed by atoms with Gasteiger partial charge < -0.3 is 15.0 Å². The first-order valence-corrected chi connectivity index (χ1v) is 9.89. The smallest absolute Gasteiger partial charge is 0.238 e. The number of carbonyl (C=O) groups excluding carboxylic acids is 2. The molecule has 1 saturated heterocycles. The Morgan fingerprint density at radius 1 is 1.21 bits per heavy atom. The highest BCUT2D eigenvalue weighted by Gasteiger charge is 2.55. The van der Waals surface area contributed by atoms with E-state index in [1.165, 1.54) is 0 Å². The highest BCUT2D eigenvalue weighted by molar-refractivity contribution is 6.02. The minimum Gasteiger partial charge on any atom is -0.468 e. The van der Waals surface area contributed by atoms with Crippen LogP contribution in [0.3, 0.4) is 0 Å². The summed E-state index contributed by atoms with van der Waals surface area (Å²) in [7, 11) is 0. The van der Waals surface area contributed by atoms with Gasteiger partial charge in [-0.05, 0) is 38.0 Å². The predicted molar refractivity (Wildman–Crippen MR) is 107 cm³/mol. The quantitative estimate of drug-likeness (QED) is 0.827. The number of ether oxygens (including phenoxy) is 1. The summed E-state index contributed by atoms with van der Waals surface area (Å²) in [4.78, 5) is 28.3. The van der Waals surface area contributed by atoms with Gasteiger partial charge in [0.05, 0.1) is 6.04 Å². The first-order valence-electron chi connectivity index (χ1n) is 9.89. The maximum Gasteiger partial charge on any atom is 0.238 e. The molecule has 2 aliphatic rings. The van der Waals surface area contributed by atoms with Crippen molar-refractivity contribution in [2.24, 2.45) is 5.92 Å². The summed E-state index contributed by atoms with van der Waals surface area (Å²) in [5, 5.41) is 3.06. The molecule has 28 heavy (non-hydrogen) atoms. The lowest BCUT2D eigenvalue weighted by Gasteiger charge is -2.52. The van der Waals surface area contributed by atoms with Crippen LogP contribution >= 0.6 is 0 Å². The van der Waals surface area contributed by atoms with Crippen LogP contribution in [0.4, 0.5) is 0 Å². The second-order valence-corrected chi connectivity index (χ2v) is 7.83. The van der Waals surface area contributed by atoms with Gasteiger partial charge >= 0.3 is 0 Å². The van der Waals surface area contributed by atoms with E-state index in [1.807, 2.05) is 75.4 Å². The number of hydrogen-bond donors (Lipinski definition) is 1. The third-order valence-electron chi connectivity index (χ3n) is 6.01. The fourth-order valence-corrected chi connectivity index (χ4v) is 4.63. The third-order valence-corrected chi connectivity index (χ3v) is 6.01. The molecule has 0 radical (unpaired) electrons. The Kier molecular flexibility index (Phi) is 4.61. The van der Waals surface area contributed by atoms with Crippen molar-refractivity contribution in [2.75, 3.05) is 6.54 Å². The van der Waals surface area contributed by atoms with Gasteiger partial charge in [-0.25, -0.2) is 0 Å². The van der Waals surface area contributed by atoms with Gasteiger partial charge in [-0.3, -0.25) is 9.59 Å². The van der Waals surface area contributed by atoms with Crippen molar-refractivity contribution in [1.82, 2.24) is 10.2 Å². The van der Waals surface area contributed by atoms with Gasteiger partial charge in [0.15, 0.2) is 5.72 Å². The van der Waals surface area contributed by atoms with E-state index < -0.39 is 11.6 Å². The number of hydrogen-bond acceptors (Lipinski definition) is 3. The van der Waals surface area contributed by atoms with Gasteiger partial charge in [0.2, 0.25) is 11.8 Å². The first kappa shape index (κ1) is 18.5. The van der Waals surface area contributed by atoms with Gasteiger partial charge in [0.1, 0.15) is 11.7 Å². The topological polar surface area (TPSA) is 58.6 Å². The van der Waals surface area contributed by atoms with Gasteiger partial charge in [-0.15, -0.1) is 0 Å². The number of nitrogens with one attached hydrogen (secondary N) is 1. The number of amides is 2. The van der Waals surface area contributed by atoms with E-state index in [4.69, 9.17) is 4.74 Å². The van der Waals surface area contributed by atoms with Gasteiger partial charge in [-0.2, -0.15) is 0 Å². The second kappa shape index (κ2) is 6.97. The number of para-hydroxylation sites is 1. The summed E-state index contributed by atoms with van der Waals surface area (Å²) >= 11 is 0. The number of nitrogens with zero attached hydrogens (tertiary/aromatic N) is 1. The third kappa shape index (κ3) is 2.95. The molecule has 2 aromatic rings. The molecule has 2 heterocycles. The SMILES string of the molecule is CCN1C(=O)[C@H](C(=O)N[C@@H](C)c2ccccc2)[C@H]2C[C@@]1(C)Oc1ccccc12. The van der Waals surface area contributed by atoms with Crippen LogP contribution in [0.5, 0.6) is 5.75 Å². The van der Waals surface area contributed by atoms with E-state index in [-0.39, 0.29) is 23.8 Å². The van der Waals surface area contributed by atoms with E-state index in [0.717, 1.165) is 16.9 Å². The summed E-state index contributed by atoms with van der Waals surface area (Å²) in [5.74, 6) is -0.546. The summed E-state index contributed by atoms with van der Waals surface area (Å²) in [6.45, 7) is 6.31. The van der Waals surface area contributed by atoms with Gasteiger partial charge in [0.25, 0.3) is 0 Å². The molecule has 0 spiro atoms. The number of benzene rings is 2. The van der Waals surface area contributed by atoms with Crippen molar-refractivity contribution in [3.63, 3.8) is 0 Å². The predicted octanol–water partition coefficient (Wildman–Crippen LogP) is 3.62. The molecule has 2 bridgehead atoms. The number of likely N-dealkylation sites (tertiary alicyclic amines) is 1. The second-order valence-electron chi connectivity index (χ2n) is 7.83. The molecule has 0 saturated carbocycles. The lowest BCUT2D eigenvalue weighted by Crippen LogP contribution is -2.64. The largest absolute Gasteiger partial charge is 0.468 e. The van der Waals surface area contributed by atoms with Gasteiger partial charge in [0, 0.05) is 18.9 Å². The maximum absolute atomic E-state index is 13.3. The highest BCUT2D eigenvalue weighted by Crippen LogP contribution is 2.50. The fraction of sp³-hybridized carbons (Fsp3) is 0.391. The van der Waals surface area contributed by atoms with Crippen LogP contribution in [0.25, 0.3) is 0 Å². The highest BCUT2D eigenvalue weighted by atomic mass is 16.5. The molecule has 2 amide bonds. The summed E-state index contributed by atoms with van der Waals surface area (Å²) in [6.07, 6.45) is 0.612. The average molecular weight is 378 g/mol. The molecule has 4 atom stereocenters. The standard InChI is InChI=1S/C23H26N2O3/c1-4-25-22(27)20(21(26)24-15(2)16-10-6-5-7-11-16)18-14-23(25,3)28-19-13-9-8-12-17(18)19/h5-13,15,18,20H,4,14H2,1-3H3,(H,24,26)/t15-,18-,20-,23+/m0/s1. The van der Waals surface area contributed by atoms with Crippen molar-refractivity contribution < 1.29 is 14.3 Å². The zero-order chi connectivity index (χ0) is 19.9. The Hall–Kier alpha value is -2.82. The number of fused-ring (bicyclic) bond motifs is 4. The molecule has 146 valence electrons. The van der Waals surface area contributed by atoms with E-state index in [2.05, 4.69) is 5.32 Å². The van der Waals surface area contributed by atoms with Crippen LogP contribution in [-0.2, 0) is 9.59 Å². The number of piperidine rings is 1. The maximum atomic E-state index is 13.3. The zero-order valence-electron chi connectivity index (χ0n) is 16.5. The lowest BCUT2D eigenvalue weighted by molar-refractivity contribution is -0.175. The molecule has 4 rings (SSSR count). The van der Waals surface area contributed by atoms with Crippen molar-refractivity contribution in [3.8, 4) is 5.75 Å². The molecule has 5 nitrogen and oxygen atoms in total. The Morgan fingerprint density at radius 2 is 1.89 bits per heavy atom. The molecular formula is C23H26N2O3. The fourth-order valence-electron chi connectivity index (χ4n) is 4.63. The van der Waals surface area contributed by atoms with Crippen LogP contribution in [0.1, 0.15) is 50.3 Å². The molecular weight excluding hydrogens is 352 g/mol. The van der Waals surface area contributed by atoms with Crippen molar-refractivity contribution >= 4 is 11.8 Å². The van der Waals surface area contributed by atoms with Crippen molar-refractivity contribution in [1.29, 1.82) is 0 Å². The molecule has 0 unspecified atom stereocenters. The molecule has 1 fully saturated rings. The molecule has 0 aliphatic carbocycles. The molecule has 1 N–H and O–H groups in total. The van der Waals surface area contributed by atoms with Crippen LogP contribution < -0.4 is 10.1 Å². The van der Waals surface area contributed by atoms with E-state index in [9.17, 15) is 9.59 Å². The lowest BCUT2D eigenvalue weighted by atomic mass is 9.73. The molecule has 2 aromatic carbocycles. The molecule has 0 aromatic heterocycles. The molecule has 5 heteroatoms. The summed E-state index contributed by atoms with van der Waals surface area (Å²) in [5.41, 5.74) is 1.24. The van der Waals surface area contributed by atoms with Crippen LogP contribution in [0.15, 0.2) is 54.6 Å². The molecule has 2 aliphatic heterocycles. The Morgan fingerprint density at radius 3 is 2.61 bits per heavy atom. The Bertz CT molecular complexity index is 898. The normalized spacial score (nSPS) is 26.8. The number of carbonyl (C=O) groups is 2. The minimum absolute atomic E-state index is 0.159. The summed E-state index contributed by atoms with van der Waals surface area (Å²) < 4.78 is 6.22. The van der Waals surface area contributed by atoms with Crippen molar-refractivity contribution in [3.05, 3.63) is 65.7 Å². The van der Waals surface area contributed by atoms with Crippen LogP contribution in [-0.4, -0.2) is 29.0 Å². The Labute approximate surface area is 165 Å². The van der Waals surface area contributed by atoms with Crippen molar-refractivity contribution in [2.45, 2.75) is 44.9 Å². The summed E-state index contributed by atoms with van der Waals surface area (Å²) in [6, 6.07) is 17.4. The van der Waals surface area contributed by atoms with Crippen LogP contribution in [0.2, 0.25) is 0 Å². The van der Waals surface area contributed by atoms with E-state index in [0.29, 0.717) is 13.0 Å². The van der Waals surface area contributed by atoms with Crippen LogP contribution in [0, 0.1) is 5.92 Å².